The predicted octanol–water partition coefficient (Wildman–Crippen LogP) is 2.45. The van der Waals surface area contributed by atoms with Crippen molar-refractivity contribution in [2.45, 2.75) is 76.7 Å². The highest BCUT2D eigenvalue weighted by Crippen LogP contribution is 2.45. The van der Waals surface area contributed by atoms with Gasteiger partial charge in [0.1, 0.15) is 0 Å². The van der Waals surface area contributed by atoms with Crippen LogP contribution in [0.5, 0.6) is 0 Å². The van der Waals surface area contributed by atoms with Gasteiger partial charge < -0.3 is 15.5 Å². The van der Waals surface area contributed by atoms with E-state index in [4.69, 9.17) is 0 Å². The zero-order chi connectivity index (χ0) is 18.0. The second-order valence-electron chi connectivity index (χ2n) is 9.14. The Bertz CT molecular complexity index is 523. The first-order chi connectivity index (χ1) is 12.7. The van der Waals surface area contributed by atoms with Crippen LogP contribution in [0.2, 0.25) is 0 Å². The van der Waals surface area contributed by atoms with Gasteiger partial charge in [-0.2, -0.15) is 0 Å². The second-order valence-corrected chi connectivity index (χ2v) is 9.14. The Morgan fingerprint density at radius 3 is 2.42 bits per heavy atom. The summed E-state index contributed by atoms with van der Waals surface area (Å²) < 4.78 is 0. The maximum atomic E-state index is 13.3. The average molecular weight is 362 g/mol. The number of nitrogens with zero attached hydrogens (tertiary/aromatic N) is 1. The van der Waals surface area contributed by atoms with Crippen molar-refractivity contribution in [2.75, 3.05) is 26.2 Å². The number of rotatable bonds is 3. The zero-order valence-electron chi connectivity index (χ0n) is 16.1. The summed E-state index contributed by atoms with van der Waals surface area (Å²) in [7, 11) is 0. The van der Waals surface area contributed by atoms with Gasteiger partial charge in [-0.3, -0.25) is 9.59 Å². The first kappa shape index (κ1) is 18.3. The van der Waals surface area contributed by atoms with Crippen LogP contribution in [0.4, 0.5) is 0 Å². The molecule has 2 atom stereocenters. The molecule has 4 fully saturated rings. The van der Waals surface area contributed by atoms with Crippen molar-refractivity contribution in [2.24, 2.45) is 17.3 Å². The van der Waals surface area contributed by atoms with Gasteiger partial charge in [-0.1, -0.05) is 32.1 Å². The molecule has 0 aromatic rings. The Morgan fingerprint density at radius 2 is 1.65 bits per heavy atom. The molecule has 2 saturated heterocycles. The van der Waals surface area contributed by atoms with Crippen LogP contribution < -0.4 is 10.6 Å². The molecule has 2 aliphatic carbocycles. The molecule has 5 nitrogen and oxygen atoms in total. The summed E-state index contributed by atoms with van der Waals surface area (Å²) in [6.45, 7) is 3.39. The summed E-state index contributed by atoms with van der Waals surface area (Å²) in [4.78, 5) is 28.0. The molecule has 0 aromatic heterocycles. The van der Waals surface area contributed by atoms with Gasteiger partial charge in [-0.15, -0.1) is 0 Å². The van der Waals surface area contributed by atoms with Crippen molar-refractivity contribution in [3.8, 4) is 0 Å². The van der Waals surface area contributed by atoms with E-state index in [0.29, 0.717) is 17.9 Å². The smallest absolute Gasteiger partial charge is 0.230 e. The second kappa shape index (κ2) is 7.87. The third-order valence-electron chi connectivity index (χ3n) is 7.57. The van der Waals surface area contributed by atoms with E-state index < -0.39 is 0 Å². The molecule has 5 heteroatoms. The lowest BCUT2D eigenvalue weighted by Crippen LogP contribution is -2.53. The predicted molar refractivity (Wildman–Crippen MR) is 102 cm³/mol. The van der Waals surface area contributed by atoms with Gasteiger partial charge in [0.25, 0.3) is 0 Å². The summed E-state index contributed by atoms with van der Waals surface area (Å²) in [6.07, 6.45) is 12.4. The Morgan fingerprint density at radius 1 is 0.923 bits per heavy atom. The van der Waals surface area contributed by atoms with E-state index >= 15 is 0 Å². The van der Waals surface area contributed by atoms with Crippen LogP contribution in [-0.4, -0.2) is 48.9 Å². The van der Waals surface area contributed by atoms with Crippen molar-refractivity contribution in [1.82, 2.24) is 15.5 Å². The Kier molecular flexibility index (Phi) is 5.53. The fourth-order valence-electron chi connectivity index (χ4n) is 5.89. The number of carbonyl (C=O) groups excluding carboxylic acids is 2. The number of hydrogen-bond acceptors (Lipinski definition) is 3. The molecule has 0 bridgehead atoms. The molecular formula is C21H35N3O2. The summed E-state index contributed by atoms with van der Waals surface area (Å²) in [5, 5.41) is 6.77. The zero-order valence-corrected chi connectivity index (χ0v) is 16.1. The highest BCUT2D eigenvalue weighted by molar-refractivity contribution is 5.85. The van der Waals surface area contributed by atoms with Crippen molar-refractivity contribution in [3.05, 3.63) is 0 Å². The maximum Gasteiger partial charge on any atom is 0.230 e. The number of carbonyl (C=O) groups is 2. The standard InChI is InChI=1S/C21H35N3O2/c25-19(23-18-7-2-1-3-8-18)16-9-12-24(13-10-16)20(26)21-11-5-4-6-17(21)14-22-15-21/h16-18,22H,1-15H2,(H,23,25)/t17-,21+/m0/s1. The van der Waals surface area contributed by atoms with Crippen LogP contribution in [0.3, 0.4) is 0 Å². The molecule has 146 valence electrons. The molecule has 0 unspecified atom stereocenters. The van der Waals surface area contributed by atoms with E-state index in [-0.39, 0.29) is 17.2 Å². The fourth-order valence-corrected chi connectivity index (χ4v) is 5.89. The lowest BCUT2D eigenvalue weighted by Gasteiger charge is -2.43. The van der Waals surface area contributed by atoms with Crippen molar-refractivity contribution in [1.29, 1.82) is 0 Å². The Hall–Kier alpha value is -1.10. The third kappa shape index (κ3) is 3.51. The maximum absolute atomic E-state index is 13.3. The van der Waals surface area contributed by atoms with Crippen LogP contribution in [0, 0.1) is 17.3 Å². The fraction of sp³-hybridized carbons (Fsp3) is 0.905. The van der Waals surface area contributed by atoms with Gasteiger partial charge in [0.15, 0.2) is 0 Å². The summed E-state index contributed by atoms with van der Waals surface area (Å²) in [5.41, 5.74) is -0.143. The summed E-state index contributed by atoms with van der Waals surface area (Å²) in [5.74, 6) is 1.23. The minimum absolute atomic E-state index is 0.0994. The number of amides is 2. The van der Waals surface area contributed by atoms with Crippen LogP contribution in [0.15, 0.2) is 0 Å². The van der Waals surface area contributed by atoms with Gasteiger partial charge in [-0.05, 0) is 51.0 Å². The van der Waals surface area contributed by atoms with Gasteiger partial charge in [-0.25, -0.2) is 0 Å². The molecule has 26 heavy (non-hydrogen) atoms. The van der Waals surface area contributed by atoms with Gasteiger partial charge >= 0.3 is 0 Å². The molecule has 2 aliphatic heterocycles. The number of likely N-dealkylation sites (tertiary alicyclic amines) is 1. The SMILES string of the molecule is O=C(NC1CCCCC1)C1CCN(C(=O)[C@@]23CCCC[C@H]2CNC3)CC1. The van der Waals surface area contributed by atoms with Crippen molar-refractivity contribution >= 4 is 11.8 Å². The molecule has 2 heterocycles. The van der Waals surface area contributed by atoms with Crippen LogP contribution >= 0.6 is 0 Å². The minimum Gasteiger partial charge on any atom is -0.353 e. The monoisotopic (exact) mass is 361 g/mol. The molecule has 2 saturated carbocycles. The topological polar surface area (TPSA) is 61.4 Å². The summed E-state index contributed by atoms with van der Waals surface area (Å²) >= 11 is 0. The molecule has 2 N–H and O–H groups in total. The van der Waals surface area contributed by atoms with Gasteiger partial charge in [0.05, 0.1) is 5.41 Å². The number of fused-ring (bicyclic) bond motifs is 1. The molecule has 0 radical (unpaired) electrons. The summed E-state index contributed by atoms with van der Waals surface area (Å²) in [6, 6.07) is 0.391. The van der Waals surface area contributed by atoms with E-state index in [1.807, 2.05) is 0 Å². The van der Waals surface area contributed by atoms with E-state index in [9.17, 15) is 9.59 Å². The lowest BCUT2D eigenvalue weighted by molar-refractivity contribution is -0.148. The van der Waals surface area contributed by atoms with Crippen molar-refractivity contribution in [3.63, 3.8) is 0 Å². The number of hydrogen-bond donors (Lipinski definition) is 2. The van der Waals surface area contributed by atoms with Gasteiger partial charge in [0.2, 0.25) is 11.8 Å². The molecule has 0 aromatic carbocycles. The van der Waals surface area contributed by atoms with Gasteiger partial charge in [0, 0.05) is 31.6 Å². The number of nitrogens with one attached hydrogen (secondary N) is 2. The van der Waals surface area contributed by atoms with E-state index in [1.54, 1.807) is 0 Å². The quantitative estimate of drug-likeness (QED) is 0.812. The van der Waals surface area contributed by atoms with E-state index in [2.05, 4.69) is 15.5 Å². The first-order valence-corrected chi connectivity index (χ1v) is 11.0. The third-order valence-corrected chi connectivity index (χ3v) is 7.57. The molecule has 4 aliphatic rings. The van der Waals surface area contributed by atoms with Crippen molar-refractivity contribution < 1.29 is 9.59 Å². The number of piperidine rings is 1. The van der Waals surface area contributed by atoms with Crippen LogP contribution in [-0.2, 0) is 9.59 Å². The first-order valence-electron chi connectivity index (χ1n) is 11.0. The molecular weight excluding hydrogens is 326 g/mol. The normalized spacial score (nSPS) is 33.7. The molecule has 4 rings (SSSR count). The molecule has 0 spiro atoms. The van der Waals surface area contributed by atoms with Crippen LogP contribution in [0.1, 0.15) is 70.6 Å². The van der Waals surface area contributed by atoms with E-state index in [0.717, 1.165) is 58.3 Å². The highest BCUT2D eigenvalue weighted by atomic mass is 16.2. The largest absolute Gasteiger partial charge is 0.353 e. The lowest BCUT2D eigenvalue weighted by atomic mass is 9.67. The molecule has 2 amide bonds. The van der Waals surface area contributed by atoms with Crippen LogP contribution in [0.25, 0.3) is 0 Å². The minimum atomic E-state index is -0.143. The van der Waals surface area contributed by atoms with E-state index in [1.165, 1.54) is 38.5 Å². The Labute approximate surface area is 157 Å². The highest BCUT2D eigenvalue weighted by Gasteiger charge is 2.51. The average Bonchev–Trinajstić information content (AvgIpc) is 3.13. The Balaban J connectivity index is 1.30.